The largest absolute Gasteiger partial charge is 0.383 e. The number of nitrogens with two attached hydrogens (primary N) is 1. The highest BCUT2D eigenvalue weighted by atomic mass is 15.1. The van der Waals surface area contributed by atoms with Crippen molar-refractivity contribution >= 4 is 16.7 Å². The summed E-state index contributed by atoms with van der Waals surface area (Å²) >= 11 is 0. The van der Waals surface area contributed by atoms with Crippen LogP contribution in [0.4, 0.5) is 5.82 Å². The first-order valence-corrected chi connectivity index (χ1v) is 6.32. The fraction of sp³-hybridized carbons (Fsp3) is 0.125. The van der Waals surface area contributed by atoms with Crippen LogP contribution in [0.15, 0.2) is 36.5 Å². The van der Waals surface area contributed by atoms with Gasteiger partial charge in [0, 0.05) is 17.1 Å². The van der Waals surface area contributed by atoms with Crippen molar-refractivity contribution in [3.8, 4) is 23.6 Å². The second kappa shape index (κ2) is 4.71. The number of hydrogen-bond acceptors (Lipinski definition) is 3. The van der Waals surface area contributed by atoms with Crippen molar-refractivity contribution in [3.05, 3.63) is 42.4 Å². The van der Waals surface area contributed by atoms with E-state index in [-0.39, 0.29) is 0 Å². The van der Waals surface area contributed by atoms with Crippen LogP contribution in [-0.4, -0.2) is 14.5 Å². The molecule has 20 heavy (non-hydrogen) atoms. The van der Waals surface area contributed by atoms with E-state index in [4.69, 9.17) is 12.2 Å². The maximum absolute atomic E-state index is 6.16. The molecule has 0 unspecified atom stereocenters. The molecular formula is C16H14N4. The summed E-state index contributed by atoms with van der Waals surface area (Å²) in [6.45, 7) is 2.33. The molecule has 2 aromatic heterocycles. The number of fused-ring (bicyclic) bond motifs is 1. The Kier molecular flexibility index (Phi) is 2.88. The van der Waals surface area contributed by atoms with Crippen molar-refractivity contribution < 1.29 is 0 Å². The molecule has 0 radical (unpaired) electrons. The van der Waals surface area contributed by atoms with Gasteiger partial charge in [-0.05, 0) is 25.1 Å². The molecule has 0 bridgehead atoms. The van der Waals surface area contributed by atoms with Crippen molar-refractivity contribution in [3.63, 3.8) is 0 Å². The van der Waals surface area contributed by atoms with Gasteiger partial charge in [0.25, 0.3) is 0 Å². The highest BCUT2D eigenvalue weighted by Crippen LogP contribution is 2.28. The van der Waals surface area contributed by atoms with E-state index in [9.17, 15) is 0 Å². The molecule has 0 aliphatic rings. The van der Waals surface area contributed by atoms with Crippen LogP contribution in [0.1, 0.15) is 5.82 Å². The number of aromatic nitrogens is 3. The third-order valence-corrected chi connectivity index (χ3v) is 3.32. The molecule has 0 atom stereocenters. The van der Waals surface area contributed by atoms with Crippen LogP contribution in [0, 0.1) is 19.3 Å². The number of nitrogen functional groups attached to an aromatic ring is 1. The van der Waals surface area contributed by atoms with Gasteiger partial charge in [-0.1, -0.05) is 18.1 Å². The van der Waals surface area contributed by atoms with Crippen LogP contribution in [0.5, 0.6) is 0 Å². The lowest BCUT2D eigenvalue weighted by Crippen LogP contribution is -2.03. The predicted molar refractivity (Wildman–Crippen MR) is 80.9 cm³/mol. The molecule has 0 fully saturated rings. The monoisotopic (exact) mass is 262 g/mol. The van der Waals surface area contributed by atoms with Crippen LogP contribution in [0.25, 0.3) is 22.2 Å². The predicted octanol–water partition coefficient (Wildman–Crippen LogP) is 2.62. The van der Waals surface area contributed by atoms with Gasteiger partial charge in [0.1, 0.15) is 17.3 Å². The first kappa shape index (κ1) is 12.2. The Labute approximate surface area is 117 Å². The van der Waals surface area contributed by atoms with E-state index in [2.05, 4.69) is 15.9 Å². The molecule has 0 spiro atoms. The Hall–Kier alpha value is -2.80. The van der Waals surface area contributed by atoms with Crippen molar-refractivity contribution in [2.75, 3.05) is 5.73 Å². The van der Waals surface area contributed by atoms with E-state index in [0.29, 0.717) is 12.4 Å². The minimum absolute atomic E-state index is 0.430. The average molecular weight is 262 g/mol. The van der Waals surface area contributed by atoms with Crippen molar-refractivity contribution in [2.24, 2.45) is 0 Å². The number of aryl methyl sites for hydroxylation is 1. The molecule has 3 rings (SSSR count). The number of terminal acetylenes is 1. The highest BCUT2D eigenvalue weighted by Gasteiger charge is 2.13. The first-order chi connectivity index (χ1) is 9.70. The molecule has 4 heteroatoms. The number of rotatable bonds is 2. The van der Waals surface area contributed by atoms with E-state index in [1.807, 2.05) is 41.8 Å². The Morgan fingerprint density at radius 3 is 3.00 bits per heavy atom. The molecule has 0 aliphatic carbocycles. The smallest absolute Gasteiger partial charge is 0.132 e. The summed E-state index contributed by atoms with van der Waals surface area (Å²) in [5.74, 6) is 4.01. The minimum atomic E-state index is 0.430. The molecule has 0 aliphatic heterocycles. The second-order valence-corrected chi connectivity index (χ2v) is 4.59. The van der Waals surface area contributed by atoms with Crippen LogP contribution in [-0.2, 0) is 6.54 Å². The van der Waals surface area contributed by atoms with Crippen molar-refractivity contribution in [1.82, 2.24) is 14.5 Å². The molecule has 3 aromatic rings. The number of hydrogen-bond donors (Lipinski definition) is 1. The molecule has 0 saturated heterocycles. The lowest BCUT2D eigenvalue weighted by atomic mass is 10.1. The average Bonchev–Trinajstić information content (AvgIpc) is 2.75. The third kappa shape index (κ3) is 1.90. The van der Waals surface area contributed by atoms with E-state index in [1.54, 1.807) is 6.20 Å². The van der Waals surface area contributed by atoms with E-state index in [1.165, 1.54) is 0 Å². The van der Waals surface area contributed by atoms with Crippen LogP contribution >= 0.6 is 0 Å². The highest BCUT2D eigenvalue weighted by molar-refractivity contribution is 5.85. The van der Waals surface area contributed by atoms with Crippen molar-refractivity contribution in [2.45, 2.75) is 13.5 Å². The molecule has 2 N–H and O–H groups in total. The lowest BCUT2D eigenvalue weighted by Gasteiger charge is -2.04. The molecular weight excluding hydrogens is 248 g/mol. The molecule has 0 amide bonds. The third-order valence-electron chi connectivity index (χ3n) is 3.32. The molecule has 4 nitrogen and oxygen atoms in total. The summed E-state index contributed by atoms with van der Waals surface area (Å²) in [6.07, 6.45) is 7.14. The van der Waals surface area contributed by atoms with Gasteiger partial charge in [-0.3, -0.25) is 4.98 Å². The number of anilines is 1. The SMILES string of the molecule is C#CCn1c(C)nc(-c2ccc3ncccc3c2)c1N. The summed E-state index contributed by atoms with van der Waals surface area (Å²) in [6, 6.07) is 9.93. The Morgan fingerprint density at radius 2 is 2.20 bits per heavy atom. The quantitative estimate of drug-likeness (QED) is 0.722. The van der Waals surface area contributed by atoms with Gasteiger partial charge in [0.2, 0.25) is 0 Å². The van der Waals surface area contributed by atoms with Crippen LogP contribution < -0.4 is 5.73 Å². The maximum atomic E-state index is 6.16. The van der Waals surface area contributed by atoms with Gasteiger partial charge in [0.05, 0.1) is 12.1 Å². The van der Waals surface area contributed by atoms with Gasteiger partial charge in [-0.15, -0.1) is 6.42 Å². The molecule has 0 saturated carbocycles. The second-order valence-electron chi connectivity index (χ2n) is 4.59. The number of pyridine rings is 1. The Morgan fingerprint density at radius 1 is 1.35 bits per heavy atom. The first-order valence-electron chi connectivity index (χ1n) is 6.32. The zero-order chi connectivity index (χ0) is 14.1. The topological polar surface area (TPSA) is 56.7 Å². The number of nitrogens with zero attached hydrogens (tertiary/aromatic N) is 3. The Balaban J connectivity index is 2.16. The molecule has 98 valence electrons. The van der Waals surface area contributed by atoms with Gasteiger partial charge in [-0.25, -0.2) is 4.98 Å². The summed E-state index contributed by atoms with van der Waals surface area (Å²) < 4.78 is 1.84. The minimum Gasteiger partial charge on any atom is -0.383 e. The zero-order valence-corrected chi connectivity index (χ0v) is 11.2. The van der Waals surface area contributed by atoms with Gasteiger partial charge in [-0.2, -0.15) is 0 Å². The standard InChI is InChI=1S/C16H14N4/c1-3-9-20-11(2)19-15(16(20)17)13-6-7-14-12(10-13)5-4-8-18-14/h1,4-8,10H,9,17H2,2H3. The fourth-order valence-corrected chi connectivity index (χ4v) is 2.31. The van der Waals surface area contributed by atoms with Crippen LogP contribution in [0.3, 0.4) is 0 Å². The fourth-order valence-electron chi connectivity index (χ4n) is 2.31. The van der Waals surface area contributed by atoms with Gasteiger partial charge >= 0.3 is 0 Å². The summed E-state index contributed by atoms with van der Waals surface area (Å²) in [7, 11) is 0. The number of imidazole rings is 1. The molecule has 2 heterocycles. The van der Waals surface area contributed by atoms with Gasteiger partial charge in [0.15, 0.2) is 0 Å². The van der Waals surface area contributed by atoms with E-state index < -0.39 is 0 Å². The van der Waals surface area contributed by atoms with Gasteiger partial charge < -0.3 is 10.3 Å². The lowest BCUT2D eigenvalue weighted by molar-refractivity contribution is 0.807. The Bertz CT molecular complexity index is 824. The van der Waals surface area contributed by atoms with E-state index in [0.717, 1.165) is 28.0 Å². The summed E-state index contributed by atoms with van der Waals surface area (Å²) in [4.78, 5) is 8.84. The zero-order valence-electron chi connectivity index (χ0n) is 11.2. The summed E-state index contributed by atoms with van der Waals surface area (Å²) in [5.41, 5.74) is 8.85. The maximum Gasteiger partial charge on any atom is 0.132 e. The van der Waals surface area contributed by atoms with Crippen LogP contribution in [0.2, 0.25) is 0 Å². The molecule has 1 aromatic carbocycles. The van der Waals surface area contributed by atoms with Crippen molar-refractivity contribution in [1.29, 1.82) is 0 Å². The summed E-state index contributed by atoms with van der Waals surface area (Å²) in [5, 5.41) is 1.06. The van der Waals surface area contributed by atoms with E-state index >= 15 is 0 Å². The normalized spacial score (nSPS) is 10.6. The number of benzene rings is 1.